The van der Waals surface area contributed by atoms with Crippen molar-refractivity contribution in [2.75, 3.05) is 7.11 Å². The highest BCUT2D eigenvalue weighted by Gasteiger charge is 2.15. The number of rotatable bonds is 2. The molecule has 20 heavy (non-hydrogen) atoms. The van der Waals surface area contributed by atoms with Gasteiger partial charge in [0, 0.05) is 6.07 Å². The first-order valence-corrected chi connectivity index (χ1v) is 5.98. The van der Waals surface area contributed by atoms with Gasteiger partial charge >= 0.3 is 0 Å². The average molecular weight is 294 g/mol. The molecule has 0 atom stereocenters. The number of hydrogen-bond donors (Lipinski definition) is 1. The van der Waals surface area contributed by atoms with Gasteiger partial charge < -0.3 is 9.72 Å². The number of nitrogens with one attached hydrogen (secondary N) is 1. The van der Waals surface area contributed by atoms with Crippen molar-refractivity contribution >= 4 is 23.4 Å². The van der Waals surface area contributed by atoms with Gasteiger partial charge in [0.1, 0.15) is 23.5 Å². The summed E-state index contributed by atoms with van der Waals surface area (Å²) in [4.78, 5) is 10.8. The number of methoxy groups -OCH3 is 1. The van der Waals surface area contributed by atoms with E-state index in [0.717, 1.165) is 18.2 Å². The Hall–Kier alpha value is -2.35. The Morgan fingerprint density at radius 1 is 1.30 bits per heavy atom. The van der Waals surface area contributed by atoms with Gasteiger partial charge in [-0.2, -0.15) is 4.98 Å². The molecule has 0 saturated carbocycles. The van der Waals surface area contributed by atoms with E-state index in [9.17, 15) is 8.78 Å². The monoisotopic (exact) mass is 294 g/mol. The summed E-state index contributed by atoms with van der Waals surface area (Å²) in [6.45, 7) is 0. The lowest BCUT2D eigenvalue weighted by molar-refractivity contribution is 0.401. The Labute approximate surface area is 116 Å². The molecule has 0 aliphatic rings. The largest absolute Gasteiger partial charge is 0.479 e. The SMILES string of the molecule is COc1ncnc2c1[nH]c(=S)n2-c1cc(F)ccc1F. The van der Waals surface area contributed by atoms with Crippen LogP contribution in [0.3, 0.4) is 0 Å². The summed E-state index contributed by atoms with van der Waals surface area (Å²) in [5.41, 5.74) is 0.706. The van der Waals surface area contributed by atoms with Crippen molar-refractivity contribution in [2.24, 2.45) is 0 Å². The molecule has 8 heteroatoms. The number of H-pyrrole nitrogens is 1. The number of imidazole rings is 1. The van der Waals surface area contributed by atoms with Gasteiger partial charge in [-0.1, -0.05) is 0 Å². The molecule has 2 aromatic heterocycles. The van der Waals surface area contributed by atoms with Gasteiger partial charge in [-0.05, 0) is 24.4 Å². The predicted octanol–water partition coefficient (Wildman–Crippen LogP) is 2.76. The number of hydrogen-bond acceptors (Lipinski definition) is 4. The molecular weight excluding hydrogens is 286 g/mol. The van der Waals surface area contributed by atoms with Crippen LogP contribution in [0.1, 0.15) is 0 Å². The molecule has 0 fully saturated rings. The summed E-state index contributed by atoms with van der Waals surface area (Å²) in [5.74, 6) is -0.906. The topological polar surface area (TPSA) is 55.7 Å². The fourth-order valence-corrected chi connectivity index (χ4v) is 2.22. The van der Waals surface area contributed by atoms with E-state index in [-0.39, 0.29) is 16.3 Å². The Balaban J connectivity index is 2.40. The molecule has 0 radical (unpaired) electrons. The number of aromatic amines is 1. The van der Waals surface area contributed by atoms with E-state index in [2.05, 4.69) is 15.0 Å². The highest BCUT2D eigenvalue weighted by Crippen LogP contribution is 2.25. The van der Waals surface area contributed by atoms with E-state index in [1.165, 1.54) is 18.0 Å². The minimum atomic E-state index is -0.610. The summed E-state index contributed by atoms with van der Waals surface area (Å²) < 4.78 is 33.8. The minimum absolute atomic E-state index is 0.0259. The standard InChI is InChI=1S/C12H8F2N4OS/c1-19-11-9-10(15-5-16-11)18(12(20)17-9)8-4-6(13)2-3-7(8)14/h2-5H,1H3,(H,17,20). The lowest BCUT2D eigenvalue weighted by atomic mass is 10.3. The highest BCUT2D eigenvalue weighted by atomic mass is 32.1. The van der Waals surface area contributed by atoms with E-state index < -0.39 is 11.6 Å². The molecule has 102 valence electrons. The third-order valence-corrected chi connectivity index (χ3v) is 3.07. The second-order valence-electron chi connectivity index (χ2n) is 3.94. The van der Waals surface area contributed by atoms with Crippen LogP contribution in [-0.2, 0) is 0 Å². The summed E-state index contributed by atoms with van der Waals surface area (Å²) in [5, 5.41) is 0. The molecule has 0 aliphatic heterocycles. The van der Waals surface area contributed by atoms with Crippen molar-refractivity contribution in [3.8, 4) is 11.6 Å². The molecule has 0 spiro atoms. The molecule has 0 unspecified atom stereocenters. The molecule has 3 aromatic rings. The van der Waals surface area contributed by atoms with E-state index in [4.69, 9.17) is 17.0 Å². The van der Waals surface area contributed by atoms with Crippen molar-refractivity contribution in [3.05, 3.63) is 40.9 Å². The predicted molar refractivity (Wildman–Crippen MR) is 70.5 cm³/mol. The number of nitrogens with zero attached hydrogens (tertiary/aromatic N) is 3. The molecule has 1 aromatic carbocycles. The second kappa shape index (κ2) is 4.64. The molecule has 1 N–H and O–H groups in total. The summed E-state index contributed by atoms with van der Waals surface area (Å²) >= 11 is 5.14. The van der Waals surface area contributed by atoms with Crippen LogP contribution in [0.15, 0.2) is 24.5 Å². The van der Waals surface area contributed by atoms with E-state index >= 15 is 0 Å². The molecule has 5 nitrogen and oxygen atoms in total. The molecule has 0 amide bonds. The molecular formula is C12H8F2N4OS. The van der Waals surface area contributed by atoms with Gasteiger partial charge in [0.05, 0.1) is 12.8 Å². The fourth-order valence-electron chi connectivity index (χ4n) is 1.93. The van der Waals surface area contributed by atoms with Crippen LogP contribution < -0.4 is 4.74 Å². The molecule has 0 bridgehead atoms. The van der Waals surface area contributed by atoms with Crippen molar-refractivity contribution in [2.45, 2.75) is 0 Å². The first-order valence-electron chi connectivity index (χ1n) is 5.57. The Bertz CT molecular complexity index is 858. The average Bonchev–Trinajstić information content (AvgIpc) is 2.77. The van der Waals surface area contributed by atoms with Crippen LogP contribution in [0.25, 0.3) is 16.9 Å². The summed E-state index contributed by atoms with van der Waals surface area (Å²) in [6.07, 6.45) is 1.26. The van der Waals surface area contributed by atoms with Crippen LogP contribution in [0.5, 0.6) is 5.88 Å². The minimum Gasteiger partial charge on any atom is -0.479 e. The molecule has 3 rings (SSSR count). The van der Waals surface area contributed by atoms with E-state index in [1.54, 1.807) is 0 Å². The Morgan fingerprint density at radius 3 is 2.85 bits per heavy atom. The van der Waals surface area contributed by atoms with Gasteiger partial charge in [0.15, 0.2) is 10.4 Å². The van der Waals surface area contributed by atoms with Gasteiger partial charge in [-0.25, -0.2) is 13.8 Å². The first kappa shape index (κ1) is 12.7. The van der Waals surface area contributed by atoms with Crippen molar-refractivity contribution < 1.29 is 13.5 Å². The summed E-state index contributed by atoms with van der Waals surface area (Å²) in [7, 11) is 1.44. The van der Waals surface area contributed by atoms with Gasteiger partial charge in [0.2, 0.25) is 5.88 Å². The maximum atomic E-state index is 13.9. The van der Waals surface area contributed by atoms with Crippen LogP contribution in [0.4, 0.5) is 8.78 Å². The Kier molecular flexibility index (Phi) is 2.94. The highest BCUT2D eigenvalue weighted by molar-refractivity contribution is 7.71. The van der Waals surface area contributed by atoms with Crippen molar-refractivity contribution in [3.63, 3.8) is 0 Å². The lowest BCUT2D eigenvalue weighted by Crippen LogP contribution is -2.00. The second-order valence-corrected chi connectivity index (χ2v) is 4.33. The van der Waals surface area contributed by atoms with E-state index in [1.807, 2.05) is 0 Å². The zero-order valence-corrected chi connectivity index (χ0v) is 11.0. The number of ether oxygens (including phenoxy) is 1. The van der Waals surface area contributed by atoms with Crippen LogP contribution in [0.2, 0.25) is 0 Å². The quantitative estimate of drug-likeness (QED) is 0.738. The number of benzene rings is 1. The maximum Gasteiger partial charge on any atom is 0.242 e. The zero-order valence-electron chi connectivity index (χ0n) is 10.2. The van der Waals surface area contributed by atoms with Gasteiger partial charge in [0.25, 0.3) is 0 Å². The first-order chi connectivity index (χ1) is 9.61. The molecule has 2 heterocycles. The third-order valence-electron chi connectivity index (χ3n) is 2.78. The molecule has 0 saturated heterocycles. The number of fused-ring (bicyclic) bond motifs is 1. The smallest absolute Gasteiger partial charge is 0.242 e. The van der Waals surface area contributed by atoms with Crippen LogP contribution in [0, 0.1) is 16.4 Å². The number of halogens is 2. The van der Waals surface area contributed by atoms with Crippen LogP contribution >= 0.6 is 12.2 Å². The normalized spacial score (nSPS) is 10.9. The van der Waals surface area contributed by atoms with Gasteiger partial charge in [-0.15, -0.1) is 0 Å². The summed E-state index contributed by atoms with van der Waals surface area (Å²) in [6, 6.07) is 3.11. The molecule has 0 aliphatic carbocycles. The lowest BCUT2D eigenvalue weighted by Gasteiger charge is -2.05. The zero-order chi connectivity index (χ0) is 14.3. The third kappa shape index (κ3) is 1.85. The van der Waals surface area contributed by atoms with Crippen molar-refractivity contribution in [1.82, 2.24) is 19.5 Å². The van der Waals surface area contributed by atoms with E-state index in [0.29, 0.717) is 11.2 Å². The number of aromatic nitrogens is 4. The van der Waals surface area contributed by atoms with Crippen LogP contribution in [-0.4, -0.2) is 26.6 Å². The Morgan fingerprint density at radius 2 is 2.10 bits per heavy atom. The maximum absolute atomic E-state index is 13.9. The fraction of sp³-hybridized carbons (Fsp3) is 0.0833. The van der Waals surface area contributed by atoms with Gasteiger partial charge in [-0.3, -0.25) is 4.57 Å². The van der Waals surface area contributed by atoms with Crippen molar-refractivity contribution in [1.29, 1.82) is 0 Å².